The predicted molar refractivity (Wildman–Crippen MR) is 76.3 cm³/mol. The molecule has 1 heterocycles. The van der Waals surface area contributed by atoms with Crippen molar-refractivity contribution >= 4 is 17.5 Å². The van der Waals surface area contributed by atoms with Crippen LogP contribution in [0.25, 0.3) is 0 Å². The number of nitrogens with two attached hydrogens (primary N) is 1. The molecule has 1 aromatic carbocycles. The van der Waals surface area contributed by atoms with E-state index >= 15 is 0 Å². The molecule has 102 valence electrons. The molecule has 4 heteroatoms. The third kappa shape index (κ3) is 2.49. The summed E-state index contributed by atoms with van der Waals surface area (Å²) in [4.78, 5) is 14.4. The number of hydrogen-bond donors (Lipinski definition) is 1. The fourth-order valence-electron chi connectivity index (χ4n) is 3.00. The number of halogens is 1. The molecule has 2 aliphatic rings. The highest BCUT2D eigenvalue weighted by Crippen LogP contribution is 2.41. The van der Waals surface area contributed by atoms with E-state index in [4.69, 9.17) is 17.3 Å². The SMILES string of the molecule is Cc1cc(C(=O)N2C[C@@H](N)[C@H](C3CC3)C2)ccc1Cl. The molecule has 1 amide bonds. The van der Waals surface area contributed by atoms with Gasteiger partial charge in [0.15, 0.2) is 0 Å². The molecule has 3 nitrogen and oxygen atoms in total. The van der Waals surface area contributed by atoms with Crippen LogP contribution in [0.3, 0.4) is 0 Å². The Morgan fingerprint density at radius 3 is 2.74 bits per heavy atom. The number of nitrogens with zero attached hydrogens (tertiary/aromatic N) is 1. The van der Waals surface area contributed by atoms with Gasteiger partial charge in [0.1, 0.15) is 0 Å². The van der Waals surface area contributed by atoms with Crippen molar-refractivity contribution in [2.75, 3.05) is 13.1 Å². The highest BCUT2D eigenvalue weighted by Gasteiger charge is 2.42. The van der Waals surface area contributed by atoms with Crippen molar-refractivity contribution in [3.05, 3.63) is 34.3 Å². The fourth-order valence-corrected chi connectivity index (χ4v) is 3.12. The average molecular weight is 279 g/mol. The summed E-state index contributed by atoms with van der Waals surface area (Å²) in [5.41, 5.74) is 7.82. The average Bonchev–Trinajstić information content (AvgIpc) is 3.15. The van der Waals surface area contributed by atoms with Crippen molar-refractivity contribution in [1.82, 2.24) is 4.90 Å². The first-order valence-corrected chi connectivity index (χ1v) is 7.25. The summed E-state index contributed by atoms with van der Waals surface area (Å²) in [6.07, 6.45) is 2.56. The van der Waals surface area contributed by atoms with Gasteiger partial charge in [-0.05, 0) is 55.4 Å². The first kappa shape index (κ1) is 12.9. The zero-order chi connectivity index (χ0) is 13.6. The van der Waals surface area contributed by atoms with E-state index in [9.17, 15) is 4.79 Å². The molecule has 0 aromatic heterocycles. The van der Waals surface area contributed by atoms with Crippen LogP contribution in [0.5, 0.6) is 0 Å². The molecule has 2 fully saturated rings. The largest absolute Gasteiger partial charge is 0.337 e. The van der Waals surface area contributed by atoms with Crippen molar-refractivity contribution in [3.63, 3.8) is 0 Å². The number of aryl methyl sites for hydroxylation is 1. The molecule has 2 atom stereocenters. The van der Waals surface area contributed by atoms with Gasteiger partial charge in [-0.25, -0.2) is 0 Å². The van der Waals surface area contributed by atoms with E-state index in [-0.39, 0.29) is 11.9 Å². The normalized spacial score (nSPS) is 26.8. The van der Waals surface area contributed by atoms with Gasteiger partial charge < -0.3 is 10.6 Å². The van der Waals surface area contributed by atoms with Gasteiger partial charge in [0.25, 0.3) is 5.91 Å². The molecule has 1 aromatic rings. The van der Waals surface area contributed by atoms with Crippen LogP contribution in [-0.2, 0) is 0 Å². The Kier molecular flexibility index (Phi) is 3.27. The number of carbonyl (C=O) groups is 1. The van der Waals surface area contributed by atoms with Crippen LogP contribution in [-0.4, -0.2) is 29.9 Å². The summed E-state index contributed by atoms with van der Waals surface area (Å²) in [7, 11) is 0. The maximum Gasteiger partial charge on any atom is 0.253 e. The summed E-state index contributed by atoms with van der Waals surface area (Å²) in [6.45, 7) is 3.41. The number of likely N-dealkylation sites (tertiary alicyclic amines) is 1. The standard InChI is InChI=1S/C15H19ClN2O/c1-9-6-11(4-5-13(9)16)15(19)18-7-12(10-2-3-10)14(17)8-18/h4-6,10,12,14H,2-3,7-8,17H2,1H3/t12-,14+/m0/s1. The molecule has 0 bridgehead atoms. The van der Waals surface area contributed by atoms with Crippen LogP contribution in [0, 0.1) is 18.8 Å². The highest BCUT2D eigenvalue weighted by atomic mass is 35.5. The number of carbonyl (C=O) groups excluding carboxylic acids is 1. The summed E-state index contributed by atoms with van der Waals surface area (Å²) < 4.78 is 0. The first-order chi connectivity index (χ1) is 9.06. The lowest BCUT2D eigenvalue weighted by molar-refractivity contribution is 0.0784. The Morgan fingerprint density at radius 1 is 1.37 bits per heavy atom. The van der Waals surface area contributed by atoms with Crippen LogP contribution in [0.2, 0.25) is 5.02 Å². The smallest absolute Gasteiger partial charge is 0.253 e. The number of rotatable bonds is 2. The van der Waals surface area contributed by atoms with Gasteiger partial charge in [-0.3, -0.25) is 4.79 Å². The number of amides is 1. The molecule has 1 saturated heterocycles. The van der Waals surface area contributed by atoms with E-state index in [1.165, 1.54) is 12.8 Å². The highest BCUT2D eigenvalue weighted by molar-refractivity contribution is 6.31. The molecule has 0 unspecified atom stereocenters. The van der Waals surface area contributed by atoms with Gasteiger partial charge in [0.2, 0.25) is 0 Å². The number of benzene rings is 1. The van der Waals surface area contributed by atoms with Crippen molar-refractivity contribution in [2.45, 2.75) is 25.8 Å². The van der Waals surface area contributed by atoms with Crippen molar-refractivity contribution in [2.24, 2.45) is 17.6 Å². The lowest BCUT2D eigenvalue weighted by atomic mass is 9.99. The van der Waals surface area contributed by atoms with E-state index in [2.05, 4.69) is 0 Å². The van der Waals surface area contributed by atoms with Gasteiger partial charge in [-0.1, -0.05) is 11.6 Å². The third-order valence-electron chi connectivity index (χ3n) is 4.33. The topological polar surface area (TPSA) is 46.3 Å². The van der Waals surface area contributed by atoms with E-state index in [1.807, 2.05) is 17.9 Å². The van der Waals surface area contributed by atoms with E-state index in [1.54, 1.807) is 12.1 Å². The molecule has 1 aliphatic heterocycles. The van der Waals surface area contributed by atoms with E-state index in [0.717, 1.165) is 18.0 Å². The minimum absolute atomic E-state index is 0.0818. The van der Waals surface area contributed by atoms with E-state index < -0.39 is 0 Å². The molecule has 0 radical (unpaired) electrons. The molecule has 0 spiro atoms. The zero-order valence-corrected chi connectivity index (χ0v) is 11.9. The van der Waals surface area contributed by atoms with Gasteiger partial charge in [0.05, 0.1) is 0 Å². The second-order valence-corrected chi connectivity index (χ2v) is 6.25. The predicted octanol–water partition coefficient (Wildman–Crippen LogP) is 2.46. The van der Waals surface area contributed by atoms with Crippen molar-refractivity contribution in [1.29, 1.82) is 0 Å². The first-order valence-electron chi connectivity index (χ1n) is 6.87. The molecular weight excluding hydrogens is 260 g/mol. The summed E-state index contributed by atoms with van der Waals surface area (Å²) >= 11 is 6.00. The van der Waals surface area contributed by atoms with Crippen LogP contribution < -0.4 is 5.73 Å². The lowest BCUT2D eigenvalue weighted by Crippen LogP contribution is -2.32. The Balaban J connectivity index is 1.75. The molecule has 2 N–H and O–H groups in total. The Bertz CT molecular complexity index is 513. The quantitative estimate of drug-likeness (QED) is 0.903. The van der Waals surface area contributed by atoms with Crippen LogP contribution >= 0.6 is 11.6 Å². The molecule has 19 heavy (non-hydrogen) atoms. The lowest BCUT2D eigenvalue weighted by Gasteiger charge is -2.16. The maximum absolute atomic E-state index is 12.5. The Labute approximate surface area is 118 Å². The second kappa shape index (κ2) is 4.80. The number of hydrogen-bond acceptors (Lipinski definition) is 2. The molecule has 1 aliphatic carbocycles. The maximum atomic E-state index is 12.5. The monoisotopic (exact) mass is 278 g/mol. The molecule has 1 saturated carbocycles. The van der Waals surface area contributed by atoms with Gasteiger partial charge >= 0.3 is 0 Å². The summed E-state index contributed by atoms with van der Waals surface area (Å²) in [6, 6.07) is 5.59. The summed E-state index contributed by atoms with van der Waals surface area (Å²) in [5, 5.41) is 0.700. The zero-order valence-electron chi connectivity index (χ0n) is 11.1. The van der Waals surface area contributed by atoms with Gasteiger partial charge in [0, 0.05) is 29.7 Å². The van der Waals surface area contributed by atoms with Gasteiger partial charge in [-0.2, -0.15) is 0 Å². The van der Waals surface area contributed by atoms with Crippen LogP contribution in [0.4, 0.5) is 0 Å². The minimum Gasteiger partial charge on any atom is -0.337 e. The van der Waals surface area contributed by atoms with Crippen LogP contribution in [0.1, 0.15) is 28.8 Å². The summed E-state index contributed by atoms with van der Waals surface area (Å²) in [5.74, 6) is 1.33. The molecule has 3 rings (SSSR count). The van der Waals surface area contributed by atoms with Gasteiger partial charge in [-0.15, -0.1) is 0 Å². The van der Waals surface area contributed by atoms with E-state index in [0.29, 0.717) is 23.0 Å². The molecular formula is C15H19ClN2O. The fraction of sp³-hybridized carbons (Fsp3) is 0.533. The third-order valence-corrected chi connectivity index (χ3v) is 4.76. The van der Waals surface area contributed by atoms with Crippen LogP contribution in [0.15, 0.2) is 18.2 Å². The minimum atomic E-state index is 0.0818. The van der Waals surface area contributed by atoms with Crippen molar-refractivity contribution in [3.8, 4) is 0 Å². The van der Waals surface area contributed by atoms with Crippen molar-refractivity contribution < 1.29 is 4.79 Å². The Morgan fingerprint density at radius 2 is 2.11 bits per heavy atom. The Hall–Kier alpha value is -1.06. The second-order valence-electron chi connectivity index (χ2n) is 5.84.